The monoisotopic (exact) mass is 577 g/mol. The van der Waals surface area contributed by atoms with Crippen molar-refractivity contribution in [2.24, 2.45) is 5.10 Å². The normalized spacial score (nSPS) is 18.2. The van der Waals surface area contributed by atoms with Crippen LogP contribution in [0.1, 0.15) is 31.8 Å². The fourth-order valence-corrected chi connectivity index (χ4v) is 5.90. The molecule has 2 atom stereocenters. The van der Waals surface area contributed by atoms with Gasteiger partial charge in [-0.1, -0.05) is 28.1 Å². The zero-order valence-corrected chi connectivity index (χ0v) is 22.5. The van der Waals surface area contributed by atoms with Crippen molar-refractivity contribution in [1.29, 1.82) is 0 Å². The zero-order valence-electron chi connectivity index (χ0n) is 19.3. The summed E-state index contributed by atoms with van der Waals surface area (Å²) in [7, 11) is 3.19. The molecule has 0 spiro atoms. The van der Waals surface area contributed by atoms with Gasteiger partial charge in [-0.25, -0.2) is 5.43 Å². The van der Waals surface area contributed by atoms with Crippen LogP contribution >= 0.6 is 38.6 Å². The number of carbonyl (C=O) groups is 2. The summed E-state index contributed by atoms with van der Waals surface area (Å²) in [4.78, 5) is 28.7. The maximum atomic E-state index is 12.9. The topological polar surface area (TPSA) is 100 Å². The van der Waals surface area contributed by atoms with E-state index in [1.165, 1.54) is 11.3 Å². The van der Waals surface area contributed by atoms with E-state index >= 15 is 0 Å². The van der Waals surface area contributed by atoms with Crippen LogP contribution < -0.4 is 5.43 Å². The van der Waals surface area contributed by atoms with Gasteiger partial charge in [0, 0.05) is 37.2 Å². The zero-order chi connectivity index (χ0) is 25.1. The van der Waals surface area contributed by atoms with Crippen LogP contribution in [-0.4, -0.2) is 67.0 Å². The summed E-state index contributed by atoms with van der Waals surface area (Å²) in [5.41, 5.74) is 4.42. The highest BCUT2D eigenvalue weighted by Crippen LogP contribution is 2.39. The predicted molar refractivity (Wildman–Crippen MR) is 141 cm³/mol. The first-order valence-corrected chi connectivity index (χ1v) is 13.2. The van der Waals surface area contributed by atoms with E-state index in [4.69, 9.17) is 9.47 Å². The molecule has 3 heterocycles. The molecule has 2 amide bonds. The van der Waals surface area contributed by atoms with E-state index < -0.39 is 5.91 Å². The molecule has 1 saturated heterocycles. The van der Waals surface area contributed by atoms with Crippen molar-refractivity contribution < 1.29 is 24.2 Å². The lowest BCUT2D eigenvalue weighted by Gasteiger charge is -2.14. The van der Waals surface area contributed by atoms with Crippen molar-refractivity contribution in [2.45, 2.75) is 19.1 Å². The number of aromatic hydroxyl groups is 1. The molecule has 2 aromatic heterocycles. The molecule has 3 aromatic rings. The smallest absolute Gasteiger partial charge is 0.281 e. The summed E-state index contributed by atoms with van der Waals surface area (Å²) < 4.78 is 11.7. The molecule has 2 unspecified atom stereocenters. The third kappa shape index (κ3) is 5.49. The molecule has 11 heteroatoms. The first kappa shape index (κ1) is 25.5. The largest absolute Gasteiger partial charge is 0.506 e. The number of nitrogens with one attached hydrogen (secondary N) is 1. The van der Waals surface area contributed by atoms with Crippen LogP contribution in [-0.2, 0) is 9.47 Å². The minimum Gasteiger partial charge on any atom is -0.506 e. The Balaban J connectivity index is 1.41. The number of methoxy groups -OCH3 is 2. The number of hydrazone groups is 1. The van der Waals surface area contributed by atoms with Crippen molar-refractivity contribution >= 4 is 56.1 Å². The summed E-state index contributed by atoms with van der Waals surface area (Å²) in [6, 6.07) is 10.9. The number of benzene rings is 1. The Morgan fingerprint density at radius 2 is 1.71 bits per heavy atom. The van der Waals surface area contributed by atoms with E-state index in [1.807, 2.05) is 24.3 Å². The Hall–Kier alpha value is -2.57. The Labute approximate surface area is 219 Å². The van der Waals surface area contributed by atoms with Crippen LogP contribution in [0.3, 0.4) is 0 Å². The van der Waals surface area contributed by atoms with E-state index in [0.717, 1.165) is 26.3 Å². The van der Waals surface area contributed by atoms with Gasteiger partial charge in [0.15, 0.2) is 0 Å². The highest BCUT2D eigenvalue weighted by Gasteiger charge is 2.36. The summed E-state index contributed by atoms with van der Waals surface area (Å²) in [5.74, 6) is -0.479. The van der Waals surface area contributed by atoms with Gasteiger partial charge in [0.1, 0.15) is 18.0 Å². The fourth-order valence-electron chi connectivity index (χ4n) is 3.76. The van der Waals surface area contributed by atoms with Crippen LogP contribution in [0.4, 0.5) is 0 Å². The number of likely N-dealkylation sites (tertiary alicyclic amines) is 1. The standard InChI is InChI=1S/C24H24BrN3O5S2/c1-13(16-12-34-22(21(16)29)14-4-6-15(25)7-5-14)26-27-23(30)19-8-9-20(35-19)24(31)28-10-17(32-2)18(11-28)33-3/h4-9,12,17-18,29H,10-11H2,1-3H3,(H,27,30)/b26-13+. The minimum absolute atomic E-state index is 0.117. The van der Waals surface area contributed by atoms with E-state index in [9.17, 15) is 14.7 Å². The lowest BCUT2D eigenvalue weighted by Crippen LogP contribution is -2.29. The Morgan fingerprint density at radius 1 is 1.09 bits per heavy atom. The van der Waals surface area contributed by atoms with Gasteiger partial charge in [0.25, 0.3) is 11.8 Å². The fraction of sp³-hybridized carbons (Fsp3) is 0.292. The van der Waals surface area contributed by atoms with Crippen LogP contribution in [0.2, 0.25) is 0 Å². The van der Waals surface area contributed by atoms with Crippen LogP contribution in [0.25, 0.3) is 10.4 Å². The summed E-state index contributed by atoms with van der Waals surface area (Å²) in [6.45, 7) is 2.58. The number of rotatable bonds is 7. The SMILES string of the molecule is COC1CN(C(=O)c2ccc(C(=O)N/N=C(\C)c3csc(-c4ccc(Br)cc4)c3O)s2)CC1OC. The molecule has 0 bridgehead atoms. The van der Waals surface area contributed by atoms with Crippen molar-refractivity contribution in [3.63, 3.8) is 0 Å². The lowest BCUT2D eigenvalue weighted by atomic mass is 10.1. The van der Waals surface area contributed by atoms with Gasteiger partial charge >= 0.3 is 0 Å². The summed E-state index contributed by atoms with van der Waals surface area (Å²) >= 11 is 5.91. The molecular weight excluding hydrogens is 554 g/mol. The molecule has 4 rings (SSSR count). The highest BCUT2D eigenvalue weighted by molar-refractivity contribution is 9.10. The predicted octanol–water partition coefficient (Wildman–Crippen LogP) is 4.58. The first-order chi connectivity index (χ1) is 16.8. The van der Waals surface area contributed by atoms with Gasteiger partial charge < -0.3 is 19.5 Å². The number of thiophene rings is 2. The second-order valence-corrected chi connectivity index (χ2v) is 10.8. The quantitative estimate of drug-likeness (QED) is 0.316. The molecule has 1 aliphatic heterocycles. The van der Waals surface area contributed by atoms with E-state index in [0.29, 0.717) is 34.1 Å². The molecule has 1 fully saturated rings. The van der Waals surface area contributed by atoms with Crippen LogP contribution in [0, 0.1) is 0 Å². The molecule has 184 valence electrons. The number of nitrogens with zero attached hydrogens (tertiary/aromatic N) is 2. The van der Waals surface area contributed by atoms with Crippen molar-refractivity contribution in [3.05, 3.63) is 61.6 Å². The third-order valence-corrected chi connectivity index (χ3v) is 8.35. The number of hydrogen-bond donors (Lipinski definition) is 2. The van der Waals surface area contributed by atoms with Crippen LogP contribution in [0.5, 0.6) is 5.75 Å². The van der Waals surface area contributed by atoms with Gasteiger partial charge in [-0.2, -0.15) is 5.10 Å². The van der Waals surface area contributed by atoms with Crippen molar-refractivity contribution in [1.82, 2.24) is 10.3 Å². The number of halogens is 1. The molecule has 0 aliphatic carbocycles. The molecule has 8 nitrogen and oxygen atoms in total. The van der Waals surface area contributed by atoms with Crippen molar-refractivity contribution in [3.8, 4) is 16.2 Å². The number of hydrogen-bond acceptors (Lipinski definition) is 8. The summed E-state index contributed by atoms with van der Waals surface area (Å²) in [6.07, 6.45) is -0.358. The second-order valence-electron chi connectivity index (χ2n) is 7.89. The molecule has 1 aliphatic rings. The van der Waals surface area contributed by atoms with Crippen molar-refractivity contribution in [2.75, 3.05) is 27.3 Å². The molecule has 0 saturated carbocycles. The molecule has 35 heavy (non-hydrogen) atoms. The Kier molecular flexibility index (Phi) is 8.02. The summed E-state index contributed by atoms with van der Waals surface area (Å²) in [5, 5.41) is 16.7. The Bertz CT molecular complexity index is 1240. The van der Waals surface area contributed by atoms with E-state index in [2.05, 4.69) is 26.5 Å². The van der Waals surface area contributed by atoms with Gasteiger partial charge in [-0.05, 0) is 36.8 Å². The van der Waals surface area contributed by atoms with Gasteiger partial charge in [0.2, 0.25) is 0 Å². The average molecular weight is 579 g/mol. The highest BCUT2D eigenvalue weighted by atomic mass is 79.9. The van der Waals surface area contributed by atoms with E-state index in [1.54, 1.807) is 43.6 Å². The second kappa shape index (κ2) is 11.0. The molecule has 0 radical (unpaired) electrons. The molecule has 1 aromatic carbocycles. The minimum atomic E-state index is -0.429. The molecule has 2 N–H and O–H groups in total. The van der Waals surface area contributed by atoms with Gasteiger partial charge in [-0.3, -0.25) is 9.59 Å². The number of ether oxygens (including phenoxy) is 2. The number of carbonyl (C=O) groups excluding carboxylic acids is 2. The van der Waals surface area contributed by atoms with E-state index in [-0.39, 0.29) is 23.9 Å². The third-order valence-electron chi connectivity index (χ3n) is 5.73. The lowest BCUT2D eigenvalue weighted by molar-refractivity contribution is -0.00461. The van der Waals surface area contributed by atoms with Gasteiger partial charge in [-0.15, -0.1) is 22.7 Å². The first-order valence-electron chi connectivity index (χ1n) is 10.7. The Morgan fingerprint density at radius 3 is 2.34 bits per heavy atom. The maximum Gasteiger partial charge on any atom is 0.281 e. The maximum absolute atomic E-state index is 12.9. The number of amides is 2. The average Bonchev–Trinajstić information content (AvgIpc) is 3.60. The van der Waals surface area contributed by atoms with Gasteiger partial charge in [0.05, 0.1) is 25.9 Å². The van der Waals surface area contributed by atoms with Crippen LogP contribution in [0.15, 0.2) is 51.4 Å². The molecular formula is C24H24BrN3O5S2.